The highest BCUT2D eigenvalue weighted by atomic mass is 127. The number of morpholine rings is 1. The summed E-state index contributed by atoms with van der Waals surface area (Å²) in [6.07, 6.45) is -3.55. The first kappa shape index (κ1) is 29.3. The fourth-order valence-corrected chi connectivity index (χ4v) is 6.04. The van der Waals surface area contributed by atoms with Gasteiger partial charge < -0.3 is 14.1 Å². The molecule has 2 aromatic heterocycles. The second-order valence-corrected chi connectivity index (χ2v) is 17.3. The van der Waals surface area contributed by atoms with E-state index in [1.807, 2.05) is 10.6 Å². The number of ether oxygens (including phenoxy) is 1. The summed E-state index contributed by atoms with van der Waals surface area (Å²) in [6, 6.07) is 6.39. The van der Waals surface area contributed by atoms with E-state index in [0.717, 1.165) is 39.9 Å². The summed E-state index contributed by atoms with van der Waals surface area (Å²) < 4.78 is 55.7. The second-order valence-electron chi connectivity index (χ2n) is 11.3. The summed E-state index contributed by atoms with van der Waals surface area (Å²) in [6.45, 7) is 15.8. The smallest absolute Gasteiger partial charge is 0.416 e. The maximum Gasteiger partial charge on any atom is 0.416 e. The number of anilines is 1. The Labute approximate surface area is 237 Å². The van der Waals surface area contributed by atoms with Gasteiger partial charge in [0.05, 0.1) is 33.7 Å². The number of halogens is 4. The van der Waals surface area contributed by atoms with Crippen LogP contribution < -0.4 is 4.90 Å². The molecule has 0 radical (unpaired) electrons. The number of nitrogens with zero attached hydrogens (tertiary/aromatic N) is 4. The first-order chi connectivity index (χ1) is 17.7. The average molecular weight is 661 g/mol. The van der Waals surface area contributed by atoms with Crippen LogP contribution in [0.5, 0.6) is 0 Å². The number of hydrogen-bond acceptors (Lipinski definition) is 5. The summed E-state index contributed by atoms with van der Waals surface area (Å²) in [5.74, 6) is 0.814. The van der Waals surface area contributed by atoms with Crippen molar-refractivity contribution in [2.24, 2.45) is 0 Å². The van der Waals surface area contributed by atoms with E-state index in [0.29, 0.717) is 43.9 Å². The fourth-order valence-electron chi connectivity index (χ4n) is 4.37. The van der Waals surface area contributed by atoms with Gasteiger partial charge in [-0.25, -0.2) is 9.50 Å². The maximum absolute atomic E-state index is 13.7. The third kappa shape index (κ3) is 6.20. The van der Waals surface area contributed by atoms with Gasteiger partial charge in [0.25, 0.3) is 0 Å². The molecule has 0 unspecified atom stereocenters. The van der Waals surface area contributed by atoms with Crippen LogP contribution in [0.3, 0.4) is 0 Å². The molecule has 0 aliphatic carbocycles. The Morgan fingerprint density at radius 2 is 1.82 bits per heavy atom. The Morgan fingerprint density at radius 1 is 1.13 bits per heavy atom. The molecule has 0 N–H and O–H groups in total. The third-order valence-corrected chi connectivity index (χ3v) is 13.1. The van der Waals surface area contributed by atoms with Gasteiger partial charge in [-0.2, -0.15) is 13.2 Å². The van der Waals surface area contributed by atoms with E-state index in [-0.39, 0.29) is 10.6 Å². The number of imidazole rings is 1. The predicted octanol–water partition coefficient (Wildman–Crippen LogP) is 6.65. The van der Waals surface area contributed by atoms with E-state index >= 15 is 0 Å². The summed E-state index contributed by atoms with van der Waals surface area (Å²) in [5.41, 5.74) is 2.56. The van der Waals surface area contributed by atoms with Crippen molar-refractivity contribution in [3.05, 3.63) is 55.9 Å². The lowest BCUT2D eigenvalue weighted by molar-refractivity contribution is -0.138. The number of rotatable bonds is 7. The van der Waals surface area contributed by atoms with E-state index in [4.69, 9.17) is 19.2 Å². The molecule has 1 fully saturated rings. The SMILES string of the molecule is Cc1c(Cc2c(CCO[Si](C)(C)C(C)(C)C)nc3c(I)cc(N4CCOCC4)nn23)cccc1C(F)(F)F. The van der Waals surface area contributed by atoms with E-state index in [9.17, 15) is 13.2 Å². The van der Waals surface area contributed by atoms with Gasteiger partial charge in [0.1, 0.15) is 0 Å². The van der Waals surface area contributed by atoms with Crippen molar-refractivity contribution in [2.45, 2.75) is 64.8 Å². The van der Waals surface area contributed by atoms with Gasteiger partial charge in [0.15, 0.2) is 19.8 Å². The minimum Gasteiger partial charge on any atom is -0.416 e. The monoisotopic (exact) mass is 660 g/mol. The van der Waals surface area contributed by atoms with Crippen molar-refractivity contribution in [3.8, 4) is 0 Å². The highest BCUT2D eigenvalue weighted by Gasteiger charge is 2.37. The molecule has 3 aromatic rings. The molecule has 0 bridgehead atoms. The molecule has 38 heavy (non-hydrogen) atoms. The zero-order chi connectivity index (χ0) is 27.9. The second kappa shape index (κ2) is 11.1. The van der Waals surface area contributed by atoms with Crippen molar-refractivity contribution in [3.63, 3.8) is 0 Å². The molecule has 0 spiro atoms. The van der Waals surface area contributed by atoms with E-state index < -0.39 is 20.1 Å². The van der Waals surface area contributed by atoms with Crippen LogP contribution in [-0.4, -0.2) is 55.8 Å². The summed E-state index contributed by atoms with van der Waals surface area (Å²) in [7, 11) is -1.96. The van der Waals surface area contributed by atoms with Gasteiger partial charge >= 0.3 is 6.18 Å². The highest BCUT2D eigenvalue weighted by Crippen LogP contribution is 2.37. The van der Waals surface area contributed by atoms with Crippen molar-refractivity contribution in [1.29, 1.82) is 0 Å². The van der Waals surface area contributed by atoms with E-state index in [1.165, 1.54) is 13.0 Å². The first-order valence-corrected chi connectivity index (χ1v) is 16.9. The molecule has 1 aliphatic heterocycles. The quantitative estimate of drug-likeness (QED) is 0.210. The lowest BCUT2D eigenvalue weighted by atomic mass is 9.97. The first-order valence-electron chi connectivity index (χ1n) is 12.9. The molecule has 1 aromatic carbocycles. The van der Waals surface area contributed by atoms with Crippen LogP contribution in [-0.2, 0) is 28.2 Å². The van der Waals surface area contributed by atoms with Crippen molar-refractivity contribution in [2.75, 3.05) is 37.8 Å². The molecule has 1 aliphatic rings. The van der Waals surface area contributed by atoms with Crippen LogP contribution in [0, 0.1) is 10.5 Å². The van der Waals surface area contributed by atoms with Crippen molar-refractivity contribution >= 4 is 42.4 Å². The van der Waals surface area contributed by atoms with Crippen LogP contribution in [0.15, 0.2) is 24.3 Å². The Morgan fingerprint density at radius 3 is 2.45 bits per heavy atom. The molecule has 0 saturated carbocycles. The van der Waals surface area contributed by atoms with Gasteiger partial charge in [0, 0.05) is 32.5 Å². The van der Waals surface area contributed by atoms with Crippen molar-refractivity contribution in [1.82, 2.24) is 14.6 Å². The standard InChI is InChI=1S/C27H36F3IN4O2Si/c1-18-19(8-7-9-20(18)27(28,29)30)16-23-22(10-13-37-38(5,6)26(2,3)4)32-25-21(31)17-24(33-35(23)25)34-11-14-36-15-12-34/h7-9,17H,10-16H2,1-6H3. The Hall–Kier alpha value is -1.70. The number of fused-ring (bicyclic) bond motifs is 1. The number of alkyl halides is 3. The molecule has 4 rings (SSSR count). The maximum atomic E-state index is 13.7. The molecule has 1 saturated heterocycles. The van der Waals surface area contributed by atoms with Gasteiger partial charge in [-0.1, -0.05) is 32.9 Å². The van der Waals surface area contributed by atoms with Gasteiger partial charge in [-0.15, -0.1) is 5.10 Å². The third-order valence-electron chi connectivity index (χ3n) is 7.75. The van der Waals surface area contributed by atoms with Crippen LogP contribution in [0.4, 0.5) is 19.0 Å². The van der Waals surface area contributed by atoms with Gasteiger partial charge in [-0.05, 0) is 70.9 Å². The van der Waals surface area contributed by atoms with Crippen LogP contribution in [0.25, 0.3) is 5.65 Å². The van der Waals surface area contributed by atoms with Gasteiger partial charge in [0.2, 0.25) is 0 Å². The molecular formula is C27H36F3IN4O2Si. The lowest BCUT2D eigenvalue weighted by Crippen LogP contribution is -2.41. The number of benzene rings is 1. The summed E-state index contributed by atoms with van der Waals surface area (Å²) in [4.78, 5) is 7.11. The zero-order valence-corrected chi connectivity index (χ0v) is 26.0. The Bertz CT molecular complexity index is 1300. The van der Waals surface area contributed by atoms with Crippen LogP contribution in [0.2, 0.25) is 18.1 Å². The Kier molecular flexibility index (Phi) is 8.52. The number of aromatic nitrogens is 3. The molecular weight excluding hydrogens is 624 g/mol. The van der Waals surface area contributed by atoms with E-state index in [2.05, 4.69) is 61.4 Å². The largest absolute Gasteiger partial charge is 0.416 e. The normalized spacial score (nSPS) is 15.5. The summed E-state index contributed by atoms with van der Waals surface area (Å²) in [5, 5.41) is 5.02. The average Bonchev–Trinajstić information content (AvgIpc) is 3.17. The van der Waals surface area contributed by atoms with E-state index in [1.54, 1.807) is 6.07 Å². The molecule has 0 atom stereocenters. The zero-order valence-electron chi connectivity index (χ0n) is 22.9. The molecule has 3 heterocycles. The predicted molar refractivity (Wildman–Crippen MR) is 155 cm³/mol. The van der Waals surface area contributed by atoms with Crippen LogP contribution in [0.1, 0.15) is 48.8 Å². The highest BCUT2D eigenvalue weighted by molar-refractivity contribution is 14.1. The minimum atomic E-state index is -4.41. The Balaban J connectivity index is 1.76. The van der Waals surface area contributed by atoms with Crippen molar-refractivity contribution < 1.29 is 22.3 Å². The van der Waals surface area contributed by atoms with Crippen LogP contribution >= 0.6 is 22.6 Å². The topological polar surface area (TPSA) is 51.9 Å². The molecule has 208 valence electrons. The lowest BCUT2D eigenvalue weighted by Gasteiger charge is -2.36. The van der Waals surface area contributed by atoms with Gasteiger partial charge in [-0.3, -0.25) is 0 Å². The summed E-state index contributed by atoms with van der Waals surface area (Å²) >= 11 is 2.27. The molecule has 6 nitrogen and oxygen atoms in total. The number of hydrogen-bond donors (Lipinski definition) is 0. The fraction of sp³-hybridized carbons (Fsp3) is 0.556. The molecule has 0 amide bonds. The minimum absolute atomic E-state index is 0.0773. The molecule has 11 heteroatoms.